The van der Waals surface area contributed by atoms with Crippen LogP contribution in [0.25, 0.3) is 0 Å². The summed E-state index contributed by atoms with van der Waals surface area (Å²) in [6.45, 7) is 6.26. The average Bonchev–Trinajstić information content (AvgIpc) is 2.71. The van der Waals surface area contributed by atoms with Crippen molar-refractivity contribution in [1.29, 1.82) is 0 Å². The van der Waals surface area contributed by atoms with E-state index in [2.05, 4.69) is 36.6 Å². The lowest BCUT2D eigenvalue weighted by Gasteiger charge is -2.15. The summed E-state index contributed by atoms with van der Waals surface area (Å²) in [5.74, 6) is 0.229. The van der Waals surface area contributed by atoms with E-state index in [1.807, 2.05) is 43.3 Å². The molecule has 2 amide bonds. The van der Waals surface area contributed by atoms with Gasteiger partial charge in [-0.15, -0.1) is 0 Å². The highest BCUT2D eigenvalue weighted by Crippen LogP contribution is 2.18. The summed E-state index contributed by atoms with van der Waals surface area (Å²) in [4.78, 5) is 26.0. The summed E-state index contributed by atoms with van der Waals surface area (Å²) in [6, 6.07) is 15.9. The Hall–Kier alpha value is -2.73. The van der Waals surface area contributed by atoms with Crippen LogP contribution in [0.2, 0.25) is 0 Å². The van der Waals surface area contributed by atoms with E-state index in [1.165, 1.54) is 5.56 Å². The predicted molar refractivity (Wildman–Crippen MR) is 131 cm³/mol. The SMILES string of the molecule is CC(C)Cc1ccc(C(C)C(=O)NC(=S)Nc2cccc(CCC(=O)N(C)C)c2)cc1. The molecule has 0 spiro atoms. The van der Waals surface area contributed by atoms with Gasteiger partial charge in [-0.1, -0.05) is 50.2 Å². The molecular formula is C25H33N3O2S. The highest BCUT2D eigenvalue weighted by molar-refractivity contribution is 7.80. The number of carbonyl (C=O) groups excluding carboxylic acids is 2. The number of carbonyl (C=O) groups is 2. The molecule has 1 atom stereocenters. The molecule has 0 saturated carbocycles. The van der Waals surface area contributed by atoms with E-state index in [0.717, 1.165) is 23.2 Å². The number of amides is 2. The van der Waals surface area contributed by atoms with E-state index < -0.39 is 0 Å². The van der Waals surface area contributed by atoms with Gasteiger partial charge in [0.05, 0.1) is 5.92 Å². The third kappa shape index (κ3) is 8.13. The van der Waals surface area contributed by atoms with Gasteiger partial charge in [0.15, 0.2) is 5.11 Å². The van der Waals surface area contributed by atoms with Crippen LogP contribution in [0.3, 0.4) is 0 Å². The van der Waals surface area contributed by atoms with Gasteiger partial charge >= 0.3 is 0 Å². The minimum Gasteiger partial charge on any atom is -0.349 e. The molecule has 2 aromatic rings. The van der Waals surface area contributed by atoms with Crippen LogP contribution >= 0.6 is 12.2 Å². The Morgan fingerprint density at radius 1 is 1.00 bits per heavy atom. The Labute approximate surface area is 191 Å². The lowest BCUT2D eigenvalue weighted by atomic mass is 9.96. The molecule has 0 saturated heterocycles. The van der Waals surface area contributed by atoms with E-state index in [0.29, 0.717) is 18.8 Å². The van der Waals surface area contributed by atoms with Gasteiger partial charge in [0, 0.05) is 26.2 Å². The van der Waals surface area contributed by atoms with E-state index in [4.69, 9.17) is 12.2 Å². The van der Waals surface area contributed by atoms with E-state index >= 15 is 0 Å². The third-order valence-corrected chi connectivity index (χ3v) is 5.27. The van der Waals surface area contributed by atoms with Crippen LogP contribution in [0.4, 0.5) is 5.69 Å². The molecule has 5 nitrogen and oxygen atoms in total. The molecule has 1 unspecified atom stereocenters. The summed E-state index contributed by atoms with van der Waals surface area (Å²) >= 11 is 5.33. The number of anilines is 1. The molecule has 2 rings (SSSR count). The Bertz CT molecular complexity index is 907. The maximum Gasteiger partial charge on any atom is 0.233 e. The number of nitrogens with zero attached hydrogens (tertiary/aromatic N) is 1. The van der Waals surface area contributed by atoms with Crippen LogP contribution in [0.5, 0.6) is 0 Å². The van der Waals surface area contributed by atoms with Crippen molar-refractivity contribution in [3.63, 3.8) is 0 Å². The minimum atomic E-state index is -0.309. The molecule has 6 heteroatoms. The number of hydrogen-bond acceptors (Lipinski definition) is 3. The minimum absolute atomic E-state index is 0.0902. The molecule has 31 heavy (non-hydrogen) atoms. The Kier molecular flexibility index (Phi) is 9.19. The monoisotopic (exact) mass is 439 g/mol. The van der Waals surface area contributed by atoms with Crippen molar-refractivity contribution < 1.29 is 9.59 Å². The molecule has 0 aromatic heterocycles. The van der Waals surface area contributed by atoms with Gasteiger partial charge in [-0.3, -0.25) is 9.59 Å². The average molecular weight is 440 g/mol. The van der Waals surface area contributed by atoms with Crippen molar-refractivity contribution in [2.45, 2.75) is 46.0 Å². The first-order valence-corrected chi connectivity index (χ1v) is 11.1. The smallest absolute Gasteiger partial charge is 0.233 e. The van der Waals surface area contributed by atoms with E-state index in [1.54, 1.807) is 19.0 Å². The zero-order chi connectivity index (χ0) is 23.0. The van der Waals surface area contributed by atoms with Crippen molar-refractivity contribution in [2.75, 3.05) is 19.4 Å². The Morgan fingerprint density at radius 2 is 1.68 bits per heavy atom. The molecular weight excluding hydrogens is 406 g/mol. The van der Waals surface area contributed by atoms with Crippen LogP contribution < -0.4 is 10.6 Å². The van der Waals surface area contributed by atoms with E-state index in [9.17, 15) is 9.59 Å². The van der Waals surface area contributed by atoms with Crippen molar-refractivity contribution in [3.8, 4) is 0 Å². The van der Waals surface area contributed by atoms with Crippen LogP contribution in [0.1, 0.15) is 49.8 Å². The van der Waals surface area contributed by atoms with Gasteiger partial charge in [-0.25, -0.2) is 0 Å². The highest BCUT2D eigenvalue weighted by atomic mass is 32.1. The summed E-state index contributed by atoms with van der Waals surface area (Å²) in [5, 5.41) is 6.10. The van der Waals surface area contributed by atoms with Crippen LogP contribution in [-0.2, 0) is 22.4 Å². The van der Waals surface area contributed by atoms with Crippen molar-refractivity contribution in [1.82, 2.24) is 10.2 Å². The zero-order valence-electron chi connectivity index (χ0n) is 19.1. The summed E-state index contributed by atoms with van der Waals surface area (Å²) in [5.41, 5.74) is 4.05. The van der Waals surface area contributed by atoms with Gasteiger partial charge in [0.25, 0.3) is 0 Å². The lowest BCUT2D eigenvalue weighted by molar-refractivity contribution is -0.128. The van der Waals surface area contributed by atoms with Gasteiger partial charge in [-0.2, -0.15) is 0 Å². The zero-order valence-corrected chi connectivity index (χ0v) is 19.9. The molecule has 2 N–H and O–H groups in total. The largest absolute Gasteiger partial charge is 0.349 e. The quantitative estimate of drug-likeness (QED) is 0.594. The molecule has 0 bridgehead atoms. The second-order valence-corrected chi connectivity index (χ2v) is 8.90. The van der Waals surface area contributed by atoms with Crippen molar-refractivity contribution in [3.05, 3.63) is 65.2 Å². The number of hydrogen-bond donors (Lipinski definition) is 2. The number of aryl methyl sites for hydroxylation is 1. The summed E-state index contributed by atoms with van der Waals surface area (Å²) in [7, 11) is 3.50. The molecule has 0 fully saturated rings. The van der Waals surface area contributed by atoms with Crippen molar-refractivity contribution >= 4 is 34.8 Å². The van der Waals surface area contributed by atoms with Gasteiger partial charge in [0.2, 0.25) is 11.8 Å². The molecule has 0 heterocycles. The Balaban J connectivity index is 1.90. The second kappa shape index (κ2) is 11.6. The summed E-state index contributed by atoms with van der Waals surface area (Å²) in [6.07, 6.45) is 2.12. The third-order valence-electron chi connectivity index (χ3n) is 5.06. The van der Waals surface area contributed by atoms with Crippen LogP contribution in [-0.4, -0.2) is 35.9 Å². The number of thiocarbonyl (C=S) groups is 1. The molecule has 0 radical (unpaired) electrons. The van der Waals surface area contributed by atoms with Crippen LogP contribution in [0.15, 0.2) is 48.5 Å². The molecule has 0 aliphatic heterocycles. The lowest BCUT2D eigenvalue weighted by Crippen LogP contribution is -2.36. The molecule has 166 valence electrons. The van der Waals surface area contributed by atoms with Gasteiger partial charge in [-0.05, 0) is 66.7 Å². The topological polar surface area (TPSA) is 61.4 Å². The number of rotatable bonds is 8. The standard InChI is InChI=1S/C25H33N3O2S/c1-17(2)15-20-9-12-21(13-10-20)18(3)24(30)27-25(31)26-22-8-6-7-19(16-22)11-14-23(29)28(4)5/h6-10,12-13,16-18H,11,14-15H2,1-5H3,(H2,26,27,30,31). The first-order valence-electron chi connectivity index (χ1n) is 10.7. The second-order valence-electron chi connectivity index (χ2n) is 8.49. The van der Waals surface area contributed by atoms with E-state index in [-0.39, 0.29) is 22.8 Å². The highest BCUT2D eigenvalue weighted by Gasteiger charge is 2.16. The normalized spacial score (nSPS) is 11.7. The van der Waals surface area contributed by atoms with Crippen molar-refractivity contribution in [2.24, 2.45) is 5.92 Å². The molecule has 2 aromatic carbocycles. The fourth-order valence-electron chi connectivity index (χ4n) is 3.23. The maximum atomic E-state index is 12.6. The first-order chi connectivity index (χ1) is 14.7. The maximum absolute atomic E-state index is 12.6. The number of benzene rings is 2. The number of nitrogens with one attached hydrogen (secondary N) is 2. The Morgan fingerprint density at radius 3 is 2.29 bits per heavy atom. The molecule has 0 aliphatic rings. The molecule has 0 aliphatic carbocycles. The van der Waals surface area contributed by atoms with Gasteiger partial charge < -0.3 is 15.5 Å². The van der Waals surface area contributed by atoms with Crippen LogP contribution in [0, 0.1) is 5.92 Å². The predicted octanol–water partition coefficient (Wildman–Crippen LogP) is 4.52. The first kappa shape index (κ1) is 24.5. The fourth-order valence-corrected chi connectivity index (χ4v) is 3.45. The fraction of sp³-hybridized carbons (Fsp3) is 0.400. The summed E-state index contributed by atoms with van der Waals surface area (Å²) < 4.78 is 0. The van der Waals surface area contributed by atoms with Gasteiger partial charge in [0.1, 0.15) is 0 Å².